The van der Waals surface area contributed by atoms with Crippen LogP contribution in [0, 0.1) is 0 Å². The molecule has 0 radical (unpaired) electrons. The molecule has 2 aromatic heterocycles. The molecule has 1 fully saturated rings. The second-order valence-electron chi connectivity index (χ2n) is 7.85. The highest BCUT2D eigenvalue weighted by atomic mass is 16.6. The molecule has 29 heavy (non-hydrogen) atoms. The van der Waals surface area contributed by atoms with Gasteiger partial charge in [0.05, 0.1) is 11.1 Å². The first kappa shape index (κ1) is 20.4. The number of aromatic amines is 1. The summed E-state index contributed by atoms with van der Waals surface area (Å²) >= 11 is 0. The van der Waals surface area contributed by atoms with Crippen LogP contribution in [0.25, 0.3) is 22.3 Å². The van der Waals surface area contributed by atoms with Gasteiger partial charge in [-0.1, -0.05) is 12.1 Å². The number of aromatic nitrogens is 4. The molecule has 0 saturated carbocycles. The number of amides is 1. The van der Waals surface area contributed by atoms with Crippen LogP contribution in [0.4, 0.5) is 16.3 Å². The van der Waals surface area contributed by atoms with Gasteiger partial charge in [-0.2, -0.15) is 5.10 Å². The number of H-pyrrole nitrogens is 1. The highest BCUT2D eigenvalue weighted by Crippen LogP contribution is 2.28. The zero-order chi connectivity index (χ0) is 21.0. The smallest absolute Gasteiger partial charge is 0.410 e. The third kappa shape index (κ3) is 5.13. The predicted octanol–water partition coefficient (Wildman–Crippen LogP) is 3.20. The monoisotopic (exact) mass is 397 g/mol. The first-order valence-corrected chi connectivity index (χ1v) is 9.53. The van der Waals surface area contributed by atoms with Gasteiger partial charge >= 0.3 is 6.09 Å². The van der Waals surface area contributed by atoms with Crippen molar-refractivity contribution in [3.63, 3.8) is 0 Å². The first-order chi connectivity index (χ1) is 13.7. The van der Waals surface area contributed by atoms with Crippen molar-refractivity contribution in [1.82, 2.24) is 25.1 Å². The predicted molar refractivity (Wildman–Crippen MR) is 113 cm³/mol. The van der Waals surface area contributed by atoms with Crippen LogP contribution in [-0.4, -0.2) is 49.8 Å². The van der Waals surface area contributed by atoms with Crippen molar-refractivity contribution in [3.05, 3.63) is 30.6 Å². The Bertz CT molecular complexity index is 971. The third-order valence-electron chi connectivity index (χ3n) is 4.34. The van der Waals surface area contributed by atoms with Gasteiger partial charge in [0.15, 0.2) is 5.65 Å². The Morgan fingerprint density at radius 3 is 2.38 bits per heavy atom. The molecule has 0 spiro atoms. The topological polar surface area (TPSA) is 136 Å². The molecule has 0 unspecified atom stereocenters. The zero-order valence-electron chi connectivity index (χ0n) is 17.0. The van der Waals surface area contributed by atoms with Crippen LogP contribution in [0.15, 0.2) is 30.6 Å². The number of nitrogens with one attached hydrogen (secondary N) is 1. The number of carbonyl (C=O) groups excluding carboxylic acids is 1. The molecular formula is C20H27N7O2. The minimum absolute atomic E-state index is 0.167. The number of hydrogen-bond acceptors (Lipinski definition) is 7. The normalized spacial score (nSPS) is 13.8. The number of likely N-dealkylation sites (tertiary alicyclic amines) is 1. The van der Waals surface area contributed by atoms with E-state index in [4.69, 9.17) is 16.2 Å². The van der Waals surface area contributed by atoms with Crippen LogP contribution in [0.1, 0.15) is 33.6 Å². The molecule has 1 aromatic carbocycles. The summed E-state index contributed by atoms with van der Waals surface area (Å²) in [7, 11) is 0. The molecule has 0 atom stereocenters. The molecular weight excluding hydrogens is 370 g/mol. The summed E-state index contributed by atoms with van der Waals surface area (Å²) in [6, 6.07) is 7.44. The molecule has 0 bridgehead atoms. The van der Waals surface area contributed by atoms with E-state index in [0.29, 0.717) is 17.2 Å². The van der Waals surface area contributed by atoms with Gasteiger partial charge in [-0.15, -0.1) is 0 Å². The molecule has 154 valence electrons. The first-order valence-electron chi connectivity index (χ1n) is 9.53. The van der Waals surface area contributed by atoms with Crippen LogP contribution in [0.2, 0.25) is 0 Å². The van der Waals surface area contributed by atoms with Gasteiger partial charge in [0.1, 0.15) is 17.7 Å². The lowest BCUT2D eigenvalue weighted by Gasteiger charge is -2.23. The lowest BCUT2D eigenvalue weighted by atomic mass is 10.1. The minimum atomic E-state index is -0.361. The van der Waals surface area contributed by atoms with Gasteiger partial charge in [-0.3, -0.25) is 5.10 Å². The SMILES string of the molecule is CC(C)(C)OC(=O)N1CCCC1.Nc1ccc(-c2[nH]nc3ncnc(N)c23)cc1. The largest absolute Gasteiger partial charge is 0.444 e. The number of hydrogen-bond donors (Lipinski definition) is 3. The molecule has 4 rings (SSSR count). The standard InChI is InChI=1S/C11H10N6.C9H17NO2/c12-7-3-1-6(2-4-7)9-8-10(13)14-5-15-11(8)17-16-9;1-9(2,3)12-8(11)10-6-4-5-7-10/h1-5H,12H2,(H3,13,14,15,16,17);4-7H2,1-3H3. The van der Waals surface area contributed by atoms with Crippen LogP contribution in [0.3, 0.4) is 0 Å². The Hall–Kier alpha value is -3.36. The van der Waals surface area contributed by atoms with Crippen molar-refractivity contribution in [2.24, 2.45) is 0 Å². The number of nitrogen functional groups attached to an aromatic ring is 2. The number of rotatable bonds is 1. The number of nitrogens with zero attached hydrogens (tertiary/aromatic N) is 4. The van der Waals surface area contributed by atoms with Crippen LogP contribution in [-0.2, 0) is 4.74 Å². The number of nitrogens with two attached hydrogens (primary N) is 2. The maximum absolute atomic E-state index is 11.4. The number of carbonyl (C=O) groups is 1. The maximum atomic E-state index is 11.4. The quantitative estimate of drug-likeness (QED) is 0.536. The summed E-state index contributed by atoms with van der Waals surface area (Å²) in [6.45, 7) is 7.38. The Kier molecular flexibility index (Phi) is 5.86. The van der Waals surface area contributed by atoms with Crippen molar-refractivity contribution < 1.29 is 9.53 Å². The molecule has 0 aliphatic carbocycles. The number of fused-ring (bicyclic) bond motifs is 1. The van der Waals surface area contributed by atoms with Gasteiger partial charge < -0.3 is 21.1 Å². The summed E-state index contributed by atoms with van der Waals surface area (Å²) in [4.78, 5) is 21.1. The molecule has 5 N–H and O–H groups in total. The molecule has 1 aliphatic heterocycles. The number of anilines is 2. The average Bonchev–Trinajstić information content (AvgIpc) is 3.32. The molecule has 9 nitrogen and oxygen atoms in total. The van der Waals surface area contributed by atoms with E-state index in [9.17, 15) is 4.79 Å². The van der Waals surface area contributed by atoms with Crippen LogP contribution in [0.5, 0.6) is 0 Å². The number of benzene rings is 1. The molecule has 3 heterocycles. The molecule has 1 amide bonds. The molecule has 3 aromatic rings. The van der Waals surface area contributed by atoms with Crippen molar-refractivity contribution in [3.8, 4) is 11.3 Å². The van der Waals surface area contributed by atoms with Gasteiger partial charge in [0.2, 0.25) is 0 Å². The fraction of sp³-hybridized carbons (Fsp3) is 0.400. The Balaban J connectivity index is 0.000000177. The van der Waals surface area contributed by atoms with E-state index in [0.717, 1.165) is 42.6 Å². The summed E-state index contributed by atoms with van der Waals surface area (Å²) in [6.07, 6.45) is 3.45. The Morgan fingerprint density at radius 1 is 1.10 bits per heavy atom. The van der Waals surface area contributed by atoms with E-state index in [-0.39, 0.29) is 11.7 Å². The highest BCUT2D eigenvalue weighted by Gasteiger charge is 2.23. The van der Waals surface area contributed by atoms with Crippen molar-refractivity contribution in [2.45, 2.75) is 39.2 Å². The van der Waals surface area contributed by atoms with Crippen molar-refractivity contribution in [2.75, 3.05) is 24.6 Å². The maximum Gasteiger partial charge on any atom is 0.410 e. The van der Waals surface area contributed by atoms with Gasteiger partial charge in [-0.05, 0) is 45.7 Å². The highest BCUT2D eigenvalue weighted by molar-refractivity contribution is 5.97. The van der Waals surface area contributed by atoms with E-state index >= 15 is 0 Å². The van der Waals surface area contributed by atoms with Crippen LogP contribution < -0.4 is 11.5 Å². The van der Waals surface area contributed by atoms with Gasteiger partial charge in [0.25, 0.3) is 0 Å². The lowest BCUT2D eigenvalue weighted by Crippen LogP contribution is -2.34. The fourth-order valence-corrected chi connectivity index (χ4v) is 2.96. The van der Waals surface area contributed by atoms with E-state index in [2.05, 4.69) is 20.2 Å². The van der Waals surface area contributed by atoms with Crippen molar-refractivity contribution >= 4 is 28.6 Å². The zero-order valence-corrected chi connectivity index (χ0v) is 17.0. The summed E-state index contributed by atoms with van der Waals surface area (Å²) in [5.41, 5.74) is 14.1. The molecule has 9 heteroatoms. The van der Waals surface area contributed by atoms with Crippen molar-refractivity contribution in [1.29, 1.82) is 0 Å². The minimum Gasteiger partial charge on any atom is -0.444 e. The second-order valence-corrected chi connectivity index (χ2v) is 7.85. The molecule has 1 saturated heterocycles. The van der Waals surface area contributed by atoms with E-state index in [1.54, 1.807) is 4.90 Å². The van der Waals surface area contributed by atoms with Crippen LogP contribution >= 0.6 is 0 Å². The van der Waals surface area contributed by atoms with E-state index < -0.39 is 0 Å². The van der Waals surface area contributed by atoms with E-state index in [1.165, 1.54) is 6.33 Å². The Morgan fingerprint density at radius 2 is 1.76 bits per heavy atom. The lowest BCUT2D eigenvalue weighted by molar-refractivity contribution is 0.0295. The third-order valence-corrected chi connectivity index (χ3v) is 4.34. The fourth-order valence-electron chi connectivity index (χ4n) is 2.96. The van der Waals surface area contributed by atoms with E-state index in [1.807, 2.05) is 45.0 Å². The average molecular weight is 397 g/mol. The Labute approximate surface area is 169 Å². The summed E-state index contributed by atoms with van der Waals surface area (Å²) in [5.74, 6) is 0.413. The number of ether oxygens (including phenoxy) is 1. The van der Waals surface area contributed by atoms with Gasteiger partial charge in [-0.25, -0.2) is 14.8 Å². The molecule has 1 aliphatic rings. The second kappa shape index (κ2) is 8.34. The summed E-state index contributed by atoms with van der Waals surface area (Å²) in [5, 5.41) is 7.74. The van der Waals surface area contributed by atoms with Gasteiger partial charge in [0, 0.05) is 24.3 Å². The summed E-state index contributed by atoms with van der Waals surface area (Å²) < 4.78 is 5.21.